The average molecular weight is 363 g/mol. The number of hydrogen-bond acceptors (Lipinski definition) is 3. The first-order valence-electron chi connectivity index (χ1n) is 8.70. The maximum atomic E-state index is 12.9. The smallest absolute Gasteiger partial charge is 0.265 e. The molecule has 0 saturated carbocycles. The molecule has 0 unspecified atom stereocenters. The molecule has 136 valence electrons. The van der Waals surface area contributed by atoms with Gasteiger partial charge in [0, 0.05) is 18.2 Å². The third-order valence-electron chi connectivity index (χ3n) is 4.36. The van der Waals surface area contributed by atoms with Crippen LogP contribution in [0.2, 0.25) is 0 Å². The minimum absolute atomic E-state index is 0.193. The van der Waals surface area contributed by atoms with E-state index in [9.17, 15) is 9.18 Å². The Morgan fingerprint density at radius 3 is 2.70 bits per heavy atom. The topological polar surface area (TPSA) is 47.6 Å². The van der Waals surface area contributed by atoms with Crippen LogP contribution in [0.5, 0.6) is 11.5 Å². The molecule has 0 saturated heterocycles. The maximum Gasteiger partial charge on any atom is 0.265 e. The van der Waals surface area contributed by atoms with Crippen LogP contribution in [0.3, 0.4) is 0 Å². The van der Waals surface area contributed by atoms with Gasteiger partial charge in [0.1, 0.15) is 23.9 Å². The predicted molar refractivity (Wildman–Crippen MR) is 100 cm³/mol. The monoisotopic (exact) mass is 363 g/mol. The van der Waals surface area contributed by atoms with E-state index < -0.39 is 6.10 Å². The zero-order valence-electron chi connectivity index (χ0n) is 14.5. The molecule has 0 fully saturated rings. The van der Waals surface area contributed by atoms with Crippen LogP contribution in [0.15, 0.2) is 72.8 Å². The van der Waals surface area contributed by atoms with Crippen LogP contribution in [0.25, 0.3) is 0 Å². The normalized spacial score (nSPS) is 14.9. The number of anilines is 1. The lowest BCUT2D eigenvalue weighted by atomic mass is 10.1. The van der Waals surface area contributed by atoms with Gasteiger partial charge in [-0.05, 0) is 41.5 Å². The first-order chi connectivity index (χ1) is 13.2. The molecular weight excluding hydrogens is 345 g/mol. The Balaban J connectivity index is 1.36. The minimum Gasteiger partial charge on any atom is -0.489 e. The lowest BCUT2D eigenvalue weighted by Crippen LogP contribution is -2.31. The lowest BCUT2D eigenvalue weighted by Gasteiger charge is -2.13. The molecule has 1 aliphatic heterocycles. The van der Waals surface area contributed by atoms with Crippen molar-refractivity contribution in [1.82, 2.24) is 0 Å². The number of nitrogens with one attached hydrogen (secondary N) is 1. The van der Waals surface area contributed by atoms with Crippen molar-refractivity contribution in [3.8, 4) is 11.5 Å². The van der Waals surface area contributed by atoms with Crippen molar-refractivity contribution in [2.45, 2.75) is 19.1 Å². The summed E-state index contributed by atoms with van der Waals surface area (Å²) in [5.74, 6) is 0.906. The fraction of sp³-hybridized carbons (Fsp3) is 0.136. The second-order valence-electron chi connectivity index (χ2n) is 6.35. The fourth-order valence-corrected chi connectivity index (χ4v) is 2.96. The van der Waals surface area contributed by atoms with Crippen molar-refractivity contribution in [2.75, 3.05) is 5.32 Å². The van der Waals surface area contributed by atoms with Crippen molar-refractivity contribution in [3.05, 3.63) is 89.7 Å². The molecule has 5 heteroatoms. The number of ether oxygens (including phenoxy) is 2. The quantitative estimate of drug-likeness (QED) is 0.733. The zero-order valence-corrected chi connectivity index (χ0v) is 14.5. The largest absolute Gasteiger partial charge is 0.489 e. The number of para-hydroxylation sites is 1. The second kappa shape index (κ2) is 7.50. The van der Waals surface area contributed by atoms with Crippen molar-refractivity contribution in [2.24, 2.45) is 0 Å². The summed E-state index contributed by atoms with van der Waals surface area (Å²) in [6.45, 7) is 0.318. The average Bonchev–Trinajstić information content (AvgIpc) is 3.12. The van der Waals surface area contributed by atoms with E-state index in [2.05, 4.69) is 5.32 Å². The van der Waals surface area contributed by atoms with E-state index >= 15 is 0 Å². The molecule has 1 atom stereocenters. The molecule has 4 rings (SSSR count). The molecule has 27 heavy (non-hydrogen) atoms. The molecule has 1 aliphatic rings. The van der Waals surface area contributed by atoms with Gasteiger partial charge < -0.3 is 14.8 Å². The Hall–Kier alpha value is -3.34. The van der Waals surface area contributed by atoms with Gasteiger partial charge in [0.2, 0.25) is 0 Å². The van der Waals surface area contributed by atoms with Crippen LogP contribution in [0, 0.1) is 5.82 Å². The van der Waals surface area contributed by atoms with Gasteiger partial charge in [-0.3, -0.25) is 4.79 Å². The molecule has 0 radical (unpaired) electrons. The van der Waals surface area contributed by atoms with Crippen LogP contribution in [0.4, 0.5) is 10.1 Å². The van der Waals surface area contributed by atoms with E-state index in [0.29, 0.717) is 24.5 Å². The third kappa shape index (κ3) is 4.08. The van der Waals surface area contributed by atoms with Gasteiger partial charge in [-0.15, -0.1) is 0 Å². The Kier molecular flexibility index (Phi) is 4.75. The summed E-state index contributed by atoms with van der Waals surface area (Å²) in [5, 5.41) is 2.87. The molecule has 0 bridgehead atoms. The first kappa shape index (κ1) is 17.1. The number of rotatable bonds is 5. The summed E-state index contributed by atoms with van der Waals surface area (Å²) in [7, 11) is 0. The summed E-state index contributed by atoms with van der Waals surface area (Å²) in [5.41, 5.74) is 2.54. The van der Waals surface area contributed by atoms with E-state index in [1.165, 1.54) is 12.1 Å². The van der Waals surface area contributed by atoms with Gasteiger partial charge in [0.05, 0.1) is 0 Å². The fourth-order valence-electron chi connectivity index (χ4n) is 2.96. The highest BCUT2D eigenvalue weighted by Crippen LogP contribution is 2.29. The van der Waals surface area contributed by atoms with Crippen LogP contribution < -0.4 is 14.8 Å². The zero-order chi connectivity index (χ0) is 18.6. The highest BCUT2D eigenvalue weighted by Gasteiger charge is 2.28. The number of benzene rings is 3. The highest BCUT2D eigenvalue weighted by atomic mass is 19.1. The van der Waals surface area contributed by atoms with Gasteiger partial charge in [0.15, 0.2) is 6.10 Å². The summed E-state index contributed by atoms with van der Waals surface area (Å²) in [6.07, 6.45) is 0.0224. The van der Waals surface area contributed by atoms with E-state index in [-0.39, 0.29) is 11.7 Å². The Morgan fingerprint density at radius 1 is 1.07 bits per heavy atom. The van der Waals surface area contributed by atoms with Crippen LogP contribution in [0.1, 0.15) is 11.1 Å². The minimum atomic E-state index is -0.536. The summed E-state index contributed by atoms with van der Waals surface area (Å²) in [6, 6.07) is 21.0. The van der Waals surface area contributed by atoms with Gasteiger partial charge in [-0.25, -0.2) is 4.39 Å². The Bertz CT molecular complexity index is 931. The molecular formula is C22H18FNO3. The Morgan fingerprint density at radius 2 is 1.89 bits per heavy atom. The van der Waals surface area contributed by atoms with Gasteiger partial charge >= 0.3 is 0 Å². The molecule has 1 N–H and O–H groups in total. The number of carbonyl (C=O) groups is 1. The molecule has 0 spiro atoms. The predicted octanol–water partition coefficient (Wildman–Crippen LogP) is 4.35. The number of fused-ring (bicyclic) bond motifs is 1. The number of halogens is 1. The molecule has 3 aromatic carbocycles. The standard InChI is InChI=1S/C22H18FNO3/c23-17-10-8-15(9-11-17)14-26-19-6-3-5-18(13-19)24-22(25)21-12-16-4-1-2-7-20(16)27-21/h1-11,13,21H,12,14H2,(H,24,25)/t21-/m1/s1. The van der Waals surface area contributed by atoms with Gasteiger partial charge in [-0.1, -0.05) is 36.4 Å². The van der Waals surface area contributed by atoms with Gasteiger partial charge in [-0.2, -0.15) is 0 Å². The van der Waals surface area contributed by atoms with E-state index in [0.717, 1.165) is 16.9 Å². The first-order valence-corrected chi connectivity index (χ1v) is 8.70. The van der Waals surface area contributed by atoms with E-state index in [1.807, 2.05) is 24.3 Å². The lowest BCUT2D eigenvalue weighted by molar-refractivity contribution is -0.122. The SMILES string of the molecule is O=C(Nc1cccc(OCc2ccc(F)cc2)c1)[C@H]1Cc2ccccc2O1. The maximum absolute atomic E-state index is 12.9. The highest BCUT2D eigenvalue weighted by molar-refractivity contribution is 5.95. The van der Waals surface area contributed by atoms with Crippen molar-refractivity contribution in [3.63, 3.8) is 0 Å². The van der Waals surface area contributed by atoms with E-state index in [4.69, 9.17) is 9.47 Å². The number of hydrogen-bond donors (Lipinski definition) is 1. The summed E-state index contributed by atoms with van der Waals surface area (Å²) < 4.78 is 24.4. The van der Waals surface area contributed by atoms with Gasteiger partial charge in [0.25, 0.3) is 5.91 Å². The van der Waals surface area contributed by atoms with Crippen molar-refractivity contribution < 1.29 is 18.7 Å². The number of amides is 1. The summed E-state index contributed by atoms with van der Waals surface area (Å²) in [4.78, 5) is 12.5. The molecule has 0 aromatic heterocycles. The molecule has 1 amide bonds. The van der Waals surface area contributed by atoms with Crippen LogP contribution >= 0.6 is 0 Å². The van der Waals surface area contributed by atoms with Crippen LogP contribution in [-0.2, 0) is 17.8 Å². The van der Waals surface area contributed by atoms with Crippen molar-refractivity contribution in [1.29, 1.82) is 0 Å². The third-order valence-corrected chi connectivity index (χ3v) is 4.36. The number of carbonyl (C=O) groups excluding carboxylic acids is 1. The molecule has 4 nitrogen and oxygen atoms in total. The second-order valence-corrected chi connectivity index (χ2v) is 6.35. The van der Waals surface area contributed by atoms with Crippen LogP contribution in [-0.4, -0.2) is 12.0 Å². The Labute approximate surface area is 156 Å². The van der Waals surface area contributed by atoms with E-state index in [1.54, 1.807) is 36.4 Å². The molecule has 3 aromatic rings. The summed E-state index contributed by atoms with van der Waals surface area (Å²) >= 11 is 0. The van der Waals surface area contributed by atoms with Crippen molar-refractivity contribution >= 4 is 11.6 Å². The molecule has 0 aliphatic carbocycles. The molecule has 1 heterocycles.